The fourth-order valence-corrected chi connectivity index (χ4v) is 1.71. The minimum Gasteiger partial charge on any atom is -0.373 e. The van der Waals surface area contributed by atoms with Gasteiger partial charge in [-0.05, 0) is 24.5 Å². The molecule has 0 aliphatic carbocycles. The molecule has 0 aliphatic rings. The molecule has 0 saturated heterocycles. The summed E-state index contributed by atoms with van der Waals surface area (Å²) >= 11 is 0. The number of benzene rings is 1. The zero-order valence-corrected chi connectivity index (χ0v) is 9.99. The van der Waals surface area contributed by atoms with Crippen LogP contribution in [0.5, 0.6) is 0 Å². The smallest absolute Gasteiger partial charge is 0.239 e. The molecule has 0 spiro atoms. The molecule has 1 rings (SSSR count). The molecule has 3 N–H and O–H groups in total. The lowest BCUT2D eigenvalue weighted by molar-refractivity contribution is -0.118. The molecule has 0 aliphatic heterocycles. The molecule has 1 aromatic carbocycles. The van der Waals surface area contributed by atoms with Crippen molar-refractivity contribution in [2.24, 2.45) is 5.73 Å². The summed E-state index contributed by atoms with van der Waals surface area (Å²) in [5.74, 6) is -0.297. The summed E-state index contributed by atoms with van der Waals surface area (Å²) in [6.45, 7) is 4.09. The van der Waals surface area contributed by atoms with E-state index in [1.807, 2.05) is 25.1 Å². The van der Waals surface area contributed by atoms with E-state index in [4.69, 9.17) is 5.73 Å². The van der Waals surface area contributed by atoms with Crippen LogP contribution in [0.3, 0.4) is 0 Å². The summed E-state index contributed by atoms with van der Waals surface area (Å²) < 4.78 is 0. The number of nitrogens with one attached hydrogen (secondary N) is 1. The number of hydrogen-bond acceptors (Lipinski definition) is 2. The van der Waals surface area contributed by atoms with Crippen molar-refractivity contribution in [3.63, 3.8) is 0 Å². The summed E-state index contributed by atoms with van der Waals surface area (Å²) in [6.07, 6.45) is 2.81. The summed E-state index contributed by atoms with van der Waals surface area (Å²) in [6, 6.07) is 7.78. The van der Waals surface area contributed by atoms with Crippen LogP contribution >= 0.6 is 0 Å². The van der Waals surface area contributed by atoms with Crippen molar-refractivity contribution in [1.29, 1.82) is 0 Å². The number of amides is 1. The van der Waals surface area contributed by atoms with Crippen molar-refractivity contribution in [1.82, 2.24) is 0 Å². The number of anilines is 1. The first-order chi connectivity index (χ1) is 7.69. The summed E-state index contributed by atoms with van der Waals surface area (Å²) in [5.41, 5.74) is 7.58. The van der Waals surface area contributed by atoms with Gasteiger partial charge in [0.25, 0.3) is 0 Å². The first-order valence-electron chi connectivity index (χ1n) is 5.82. The van der Waals surface area contributed by atoms with E-state index in [1.54, 1.807) is 0 Å². The lowest BCUT2D eigenvalue weighted by atomic mass is 10.1. The first kappa shape index (κ1) is 12.6. The van der Waals surface area contributed by atoms with Crippen LogP contribution in [0.1, 0.15) is 32.3 Å². The number of carbonyl (C=O) groups is 1. The lowest BCUT2D eigenvalue weighted by Crippen LogP contribution is -2.35. The number of para-hydroxylation sites is 1. The van der Waals surface area contributed by atoms with Gasteiger partial charge in [0, 0.05) is 5.69 Å². The van der Waals surface area contributed by atoms with Gasteiger partial charge in [-0.2, -0.15) is 0 Å². The van der Waals surface area contributed by atoms with Gasteiger partial charge in [-0.25, -0.2) is 0 Å². The Labute approximate surface area is 97.0 Å². The fraction of sp³-hybridized carbons (Fsp3) is 0.462. The Balaban J connectivity index is 2.82. The van der Waals surface area contributed by atoms with Crippen molar-refractivity contribution < 1.29 is 4.79 Å². The predicted octanol–water partition coefficient (Wildman–Crippen LogP) is 2.31. The van der Waals surface area contributed by atoms with Gasteiger partial charge in [0.15, 0.2) is 0 Å². The van der Waals surface area contributed by atoms with Gasteiger partial charge in [-0.3, -0.25) is 4.79 Å². The van der Waals surface area contributed by atoms with Gasteiger partial charge in [0.05, 0.1) is 0 Å². The Morgan fingerprint density at radius 1 is 1.38 bits per heavy atom. The highest BCUT2D eigenvalue weighted by atomic mass is 16.1. The predicted molar refractivity (Wildman–Crippen MR) is 67.3 cm³/mol. The number of nitrogens with two attached hydrogens (primary N) is 1. The van der Waals surface area contributed by atoms with Crippen LogP contribution in [-0.2, 0) is 11.2 Å². The molecule has 1 amide bonds. The molecule has 1 aromatic rings. The molecular weight excluding hydrogens is 200 g/mol. The van der Waals surface area contributed by atoms with E-state index in [1.165, 1.54) is 5.56 Å². The standard InChI is InChI=1S/C13H20N2O/c1-3-7-10-8-5-6-9-12(10)15-11(4-2)13(14)16/h5-6,8-9,11,15H,3-4,7H2,1-2H3,(H2,14,16). The second-order valence-electron chi connectivity index (χ2n) is 3.91. The number of carbonyl (C=O) groups excluding carboxylic acids is 1. The van der Waals surface area contributed by atoms with Gasteiger partial charge < -0.3 is 11.1 Å². The Bertz CT molecular complexity index is 350. The molecular formula is C13H20N2O. The molecule has 3 heteroatoms. The van der Waals surface area contributed by atoms with Gasteiger partial charge >= 0.3 is 0 Å². The molecule has 0 radical (unpaired) electrons. The highest BCUT2D eigenvalue weighted by Gasteiger charge is 2.13. The minimum absolute atomic E-state index is 0.280. The van der Waals surface area contributed by atoms with Gasteiger partial charge in [0.1, 0.15) is 6.04 Å². The van der Waals surface area contributed by atoms with Crippen molar-refractivity contribution in [2.75, 3.05) is 5.32 Å². The number of hydrogen-bond donors (Lipinski definition) is 2. The third-order valence-corrected chi connectivity index (χ3v) is 2.62. The second kappa shape index (κ2) is 6.16. The van der Waals surface area contributed by atoms with Crippen molar-refractivity contribution in [2.45, 2.75) is 39.2 Å². The second-order valence-corrected chi connectivity index (χ2v) is 3.91. The van der Waals surface area contributed by atoms with Gasteiger partial charge in [-0.1, -0.05) is 38.5 Å². The topological polar surface area (TPSA) is 55.1 Å². The van der Waals surface area contributed by atoms with E-state index in [0.29, 0.717) is 6.42 Å². The van der Waals surface area contributed by atoms with E-state index in [0.717, 1.165) is 18.5 Å². The average molecular weight is 220 g/mol. The van der Waals surface area contributed by atoms with E-state index in [9.17, 15) is 4.79 Å². The van der Waals surface area contributed by atoms with E-state index >= 15 is 0 Å². The maximum atomic E-state index is 11.2. The molecule has 1 unspecified atom stereocenters. The molecule has 88 valence electrons. The van der Waals surface area contributed by atoms with Crippen LogP contribution < -0.4 is 11.1 Å². The van der Waals surface area contributed by atoms with Crippen LogP contribution in [0.4, 0.5) is 5.69 Å². The Kier molecular flexibility index (Phi) is 4.83. The maximum Gasteiger partial charge on any atom is 0.239 e. The summed E-state index contributed by atoms with van der Waals surface area (Å²) in [7, 11) is 0. The van der Waals surface area contributed by atoms with E-state index < -0.39 is 0 Å². The monoisotopic (exact) mass is 220 g/mol. The zero-order valence-electron chi connectivity index (χ0n) is 9.99. The van der Waals surface area contributed by atoms with Crippen LogP contribution in [0.25, 0.3) is 0 Å². The first-order valence-corrected chi connectivity index (χ1v) is 5.82. The van der Waals surface area contributed by atoms with Crippen LogP contribution in [0, 0.1) is 0 Å². The molecule has 16 heavy (non-hydrogen) atoms. The summed E-state index contributed by atoms with van der Waals surface area (Å²) in [4.78, 5) is 11.2. The fourth-order valence-electron chi connectivity index (χ4n) is 1.71. The quantitative estimate of drug-likeness (QED) is 0.773. The number of rotatable bonds is 6. The van der Waals surface area contributed by atoms with E-state index in [-0.39, 0.29) is 11.9 Å². The molecule has 0 saturated carbocycles. The van der Waals surface area contributed by atoms with Gasteiger partial charge in [-0.15, -0.1) is 0 Å². The third-order valence-electron chi connectivity index (χ3n) is 2.62. The maximum absolute atomic E-state index is 11.2. The van der Waals surface area contributed by atoms with Crippen molar-refractivity contribution in [3.05, 3.63) is 29.8 Å². The number of primary amides is 1. The molecule has 1 atom stereocenters. The Morgan fingerprint density at radius 2 is 2.06 bits per heavy atom. The SMILES string of the molecule is CCCc1ccccc1NC(CC)C(N)=O. The molecule has 0 fully saturated rings. The zero-order chi connectivity index (χ0) is 12.0. The lowest BCUT2D eigenvalue weighted by Gasteiger charge is -2.17. The summed E-state index contributed by atoms with van der Waals surface area (Å²) in [5, 5.41) is 3.21. The van der Waals surface area contributed by atoms with Crippen molar-refractivity contribution >= 4 is 11.6 Å². The van der Waals surface area contributed by atoms with Crippen LogP contribution in [0.2, 0.25) is 0 Å². The number of aryl methyl sites for hydroxylation is 1. The highest BCUT2D eigenvalue weighted by Crippen LogP contribution is 2.18. The largest absolute Gasteiger partial charge is 0.373 e. The van der Waals surface area contributed by atoms with Crippen LogP contribution in [-0.4, -0.2) is 11.9 Å². The molecule has 0 aromatic heterocycles. The molecule has 0 bridgehead atoms. The normalized spacial score (nSPS) is 12.1. The Hall–Kier alpha value is -1.51. The third kappa shape index (κ3) is 3.26. The Morgan fingerprint density at radius 3 is 2.62 bits per heavy atom. The van der Waals surface area contributed by atoms with Crippen LogP contribution in [0.15, 0.2) is 24.3 Å². The van der Waals surface area contributed by atoms with Gasteiger partial charge in [0.2, 0.25) is 5.91 Å². The highest BCUT2D eigenvalue weighted by molar-refractivity contribution is 5.83. The average Bonchev–Trinajstić information content (AvgIpc) is 2.27. The molecule has 3 nitrogen and oxygen atoms in total. The molecule has 0 heterocycles. The van der Waals surface area contributed by atoms with E-state index in [2.05, 4.69) is 18.3 Å². The minimum atomic E-state index is -0.297. The van der Waals surface area contributed by atoms with Crippen molar-refractivity contribution in [3.8, 4) is 0 Å².